The van der Waals surface area contributed by atoms with E-state index in [4.69, 9.17) is 0 Å². The van der Waals surface area contributed by atoms with Gasteiger partial charge in [0.2, 0.25) is 5.91 Å². The number of rotatable bonds is 6. The van der Waals surface area contributed by atoms with Crippen LogP contribution in [0.1, 0.15) is 16.7 Å². The average molecular weight is 334 g/mol. The number of nitrogens with zero attached hydrogens (tertiary/aromatic N) is 1. The van der Waals surface area contributed by atoms with Crippen molar-refractivity contribution >= 4 is 21.8 Å². The van der Waals surface area contributed by atoms with Crippen LogP contribution in [0.15, 0.2) is 18.2 Å². The first kappa shape index (κ1) is 16.1. The third-order valence-corrected chi connectivity index (χ3v) is 3.35. The van der Waals surface area contributed by atoms with Crippen LogP contribution in [0.2, 0.25) is 0 Å². The Morgan fingerprint density at radius 2 is 2.00 bits per heavy atom. The minimum atomic E-state index is -2.50. The molecule has 0 aliphatic rings. The summed E-state index contributed by atoms with van der Waals surface area (Å²) >= 11 is 3.18. The normalized spacial score (nSPS) is 10.8. The Kier molecular flexibility index (Phi) is 6.42. The molecule has 0 aliphatic carbocycles. The monoisotopic (exact) mass is 333 g/mol. The zero-order valence-corrected chi connectivity index (χ0v) is 12.7. The van der Waals surface area contributed by atoms with Gasteiger partial charge in [-0.05, 0) is 30.5 Å². The van der Waals surface area contributed by atoms with Gasteiger partial charge in [-0.3, -0.25) is 4.79 Å². The Balaban J connectivity index is 2.72. The van der Waals surface area contributed by atoms with Crippen LogP contribution < -0.4 is 0 Å². The molecule has 5 heteroatoms. The van der Waals surface area contributed by atoms with E-state index in [1.54, 1.807) is 0 Å². The second-order valence-electron chi connectivity index (χ2n) is 4.52. The largest absolute Gasteiger partial charge is 0.336 e. The summed E-state index contributed by atoms with van der Waals surface area (Å²) in [5, 5.41) is 0.498. The van der Waals surface area contributed by atoms with Gasteiger partial charge < -0.3 is 4.90 Å². The number of carbonyl (C=O) groups is 1. The van der Waals surface area contributed by atoms with E-state index >= 15 is 0 Å². The second-order valence-corrected chi connectivity index (χ2v) is 5.31. The highest BCUT2D eigenvalue weighted by molar-refractivity contribution is 9.09. The van der Waals surface area contributed by atoms with Crippen LogP contribution in [-0.2, 0) is 11.2 Å². The Morgan fingerprint density at radius 1 is 1.32 bits per heavy atom. The summed E-state index contributed by atoms with van der Waals surface area (Å²) in [4.78, 5) is 13.2. The fraction of sp³-hybridized carbons (Fsp3) is 0.500. The Morgan fingerprint density at radius 3 is 2.53 bits per heavy atom. The molecule has 0 spiro atoms. The van der Waals surface area contributed by atoms with Crippen LogP contribution in [0.3, 0.4) is 0 Å². The van der Waals surface area contributed by atoms with Crippen molar-refractivity contribution in [3.8, 4) is 0 Å². The van der Waals surface area contributed by atoms with Gasteiger partial charge in [0.15, 0.2) is 0 Å². The fourth-order valence-corrected chi connectivity index (χ4v) is 2.21. The molecule has 0 unspecified atom stereocenters. The Hall–Kier alpha value is -0.970. The van der Waals surface area contributed by atoms with Crippen molar-refractivity contribution in [3.63, 3.8) is 0 Å². The lowest BCUT2D eigenvalue weighted by Gasteiger charge is -2.21. The predicted molar refractivity (Wildman–Crippen MR) is 76.0 cm³/mol. The number of amides is 1. The summed E-state index contributed by atoms with van der Waals surface area (Å²) in [5.41, 5.74) is 3.12. The van der Waals surface area contributed by atoms with E-state index in [2.05, 4.69) is 15.9 Å². The molecule has 1 aromatic rings. The maximum absolute atomic E-state index is 12.4. The summed E-state index contributed by atoms with van der Waals surface area (Å²) in [6, 6.07) is 5.75. The van der Waals surface area contributed by atoms with E-state index in [9.17, 15) is 13.6 Å². The maximum atomic E-state index is 12.4. The minimum Gasteiger partial charge on any atom is -0.336 e. The van der Waals surface area contributed by atoms with E-state index in [0.29, 0.717) is 11.9 Å². The van der Waals surface area contributed by atoms with Crippen LogP contribution in [0.5, 0.6) is 0 Å². The zero-order valence-electron chi connectivity index (χ0n) is 11.1. The van der Waals surface area contributed by atoms with E-state index in [0.717, 1.165) is 16.7 Å². The van der Waals surface area contributed by atoms with Gasteiger partial charge in [0, 0.05) is 11.9 Å². The van der Waals surface area contributed by atoms with Crippen LogP contribution in [0, 0.1) is 13.8 Å². The average Bonchev–Trinajstić information content (AvgIpc) is 2.33. The van der Waals surface area contributed by atoms with Crippen molar-refractivity contribution < 1.29 is 13.6 Å². The molecule has 0 aliphatic heterocycles. The van der Waals surface area contributed by atoms with Crippen LogP contribution >= 0.6 is 15.9 Å². The van der Waals surface area contributed by atoms with Crippen molar-refractivity contribution in [2.45, 2.75) is 26.7 Å². The van der Waals surface area contributed by atoms with Crippen molar-refractivity contribution in [3.05, 3.63) is 34.9 Å². The van der Waals surface area contributed by atoms with Crippen molar-refractivity contribution in [1.82, 2.24) is 4.90 Å². The molecule has 19 heavy (non-hydrogen) atoms. The maximum Gasteiger partial charge on any atom is 0.255 e. The number of alkyl halides is 3. The lowest BCUT2D eigenvalue weighted by molar-refractivity contribution is -0.132. The highest BCUT2D eigenvalue weighted by atomic mass is 79.9. The molecule has 0 saturated carbocycles. The highest BCUT2D eigenvalue weighted by Gasteiger charge is 2.17. The van der Waals surface area contributed by atoms with Gasteiger partial charge in [0.1, 0.15) is 0 Å². The van der Waals surface area contributed by atoms with E-state index in [-0.39, 0.29) is 12.3 Å². The number of hydrogen-bond acceptors (Lipinski definition) is 1. The summed E-state index contributed by atoms with van der Waals surface area (Å²) in [6.45, 7) is 3.76. The summed E-state index contributed by atoms with van der Waals surface area (Å²) < 4.78 is 24.8. The molecule has 0 radical (unpaired) electrons. The Labute approximate surface area is 120 Å². The van der Waals surface area contributed by atoms with E-state index in [1.165, 1.54) is 4.90 Å². The van der Waals surface area contributed by atoms with E-state index < -0.39 is 13.0 Å². The lowest BCUT2D eigenvalue weighted by Crippen LogP contribution is -2.37. The number of aryl methyl sites for hydroxylation is 2. The Bertz CT molecular complexity index is 437. The molecule has 1 aromatic carbocycles. The van der Waals surface area contributed by atoms with Crippen LogP contribution in [0.25, 0.3) is 0 Å². The quantitative estimate of drug-likeness (QED) is 0.731. The smallest absolute Gasteiger partial charge is 0.255 e. The molecule has 0 atom stereocenters. The standard InChI is InChI=1S/C14H18BrF2NO/c1-10-3-4-12(7-11(10)2)8-14(19)18(6-5-15)9-13(16)17/h3-4,7,13H,5-6,8-9H2,1-2H3. The van der Waals surface area contributed by atoms with Crippen molar-refractivity contribution in [2.75, 3.05) is 18.4 Å². The van der Waals surface area contributed by atoms with Crippen LogP contribution in [-0.4, -0.2) is 35.7 Å². The molecule has 0 aromatic heterocycles. The van der Waals surface area contributed by atoms with Gasteiger partial charge in [-0.2, -0.15) is 0 Å². The minimum absolute atomic E-state index is 0.167. The van der Waals surface area contributed by atoms with Gasteiger partial charge in [-0.1, -0.05) is 34.1 Å². The lowest BCUT2D eigenvalue weighted by atomic mass is 10.0. The molecule has 1 amide bonds. The van der Waals surface area contributed by atoms with Gasteiger partial charge >= 0.3 is 0 Å². The molecule has 0 saturated heterocycles. The topological polar surface area (TPSA) is 20.3 Å². The molecule has 0 fully saturated rings. The third-order valence-electron chi connectivity index (χ3n) is 2.99. The summed E-state index contributed by atoms with van der Waals surface area (Å²) in [6.07, 6.45) is -2.33. The zero-order chi connectivity index (χ0) is 14.4. The first-order chi connectivity index (χ1) is 8.93. The molecular formula is C14H18BrF2NO. The molecule has 0 bridgehead atoms. The summed E-state index contributed by atoms with van der Waals surface area (Å²) in [5.74, 6) is -0.261. The number of halogens is 3. The number of hydrogen-bond donors (Lipinski definition) is 0. The van der Waals surface area contributed by atoms with Gasteiger partial charge in [-0.25, -0.2) is 8.78 Å². The molecule has 0 N–H and O–H groups in total. The first-order valence-electron chi connectivity index (χ1n) is 6.12. The molecular weight excluding hydrogens is 316 g/mol. The molecule has 2 nitrogen and oxygen atoms in total. The van der Waals surface area contributed by atoms with Crippen molar-refractivity contribution in [2.24, 2.45) is 0 Å². The second kappa shape index (κ2) is 7.58. The van der Waals surface area contributed by atoms with Gasteiger partial charge in [0.05, 0.1) is 13.0 Å². The van der Waals surface area contributed by atoms with Gasteiger partial charge in [0.25, 0.3) is 6.43 Å². The first-order valence-corrected chi connectivity index (χ1v) is 7.24. The van der Waals surface area contributed by atoms with E-state index in [1.807, 2.05) is 32.0 Å². The fourth-order valence-electron chi connectivity index (χ4n) is 1.79. The predicted octanol–water partition coefficient (Wildman–Crippen LogP) is 3.33. The third kappa shape index (κ3) is 5.27. The summed E-state index contributed by atoms with van der Waals surface area (Å²) in [7, 11) is 0. The molecule has 1 rings (SSSR count). The van der Waals surface area contributed by atoms with Crippen molar-refractivity contribution in [1.29, 1.82) is 0 Å². The number of carbonyl (C=O) groups excluding carboxylic acids is 1. The van der Waals surface area contributed by atoms with Crippen LogP contribution in [0.4, 0.5) is 8.78 Å². The number of benzene rings is 1. The molecule has 106 valence electrons. The van der Waals surface area contributed by atoms with Gasteiger partial charge in [-0.15, -0.1) is 0 Å². The molecule has 0 heterocycles. The highest BCUT2D eigenvalue weighted by Crippen LogP contribution is 2.12. The SMILES string of the molecule is Cc1ccc(CC(=O)N(CCBr)CC(F)F)cc1C.